The first-order valence-electron chi connectivity index (χ1n) is 8.00. The second-order valence-electron chi connectivity index (χ2n) is 6.31. The minimum atomic E-state index is 0.808. The fourth-order valence-electron chi connectivity index (χ4n) is 4.09. The van der Waals surface area contributed by atoms with Crippen molar-refractivity contribution in [2.24, 2.45) is 5.92 Å². The summed E-state index contributed by atoms with van der Waals surface area (Å²) < 4.78 is 0. The van der Waals surface area contributed by atoms with Gasteiger partial charge in [-0.1, -0.05) is 12.8 Å². The van der Waals surface area contributed by atoms with Crippen molar-refractivity contribution >= 4 is 11.8 Å². The van der Waals surface area contributed by atoms with E-state index in [1.54, 1.807) is 0 Å². The van der Waals surface area contributed by atoms with E-state index in [0.29, 0.717) is 0 Å². The van der Waals surface area contributed by atoms with Crippen LogP contribution in [-0.4, -0.2) is 36.2 Å². The van der Waals surface area contributed by atoms with Gasteiger partial charge in [0.05, 0.1) is 0 Å². The lowest BCUT2D eigenvalue weighted by Crippen LogP contribution is -2.50. The third-order valence-corrected chi connectivity index (χ3v) is 6.15. The van der Waals surface area contributed by atoms with Gasteiger partial charge in [0, 0.05) is 18.1 Å². The maximum Gasteiger partial charge on any atom is 0.0113 e. The zero-order valence-electron chi connectivity index (χ0n) is 11.5. The molecule has 18 heavy (non-hydrogen) atoms. The van der Waals surface area contributed by atoms with Gasteiger partial charge in [-0.25, -0.2) is 0 Å². The minimum absolute atomic E-state index is 0.808. The van der Waals surface area contributed by atoms with Gasteiger partial charge < -0.3 is 10.6 Å². The van der Waals surface area contributed by atoms with E-state index in [1.165, 1.54) is 69.4 Å². The van der Waals surface area contributed by atoms with Gasteiger partial charge in [0.25, 0.3) is 0 Å². The van der Waals surface area contributed by atoms with Crippen LogP contribution in [0.1, 0.15) is 51.4 Å². The van der Waals surface area contributed by atoms with E-state index in [4.69, 9.17) is 0 Å². The highest BCUT2D eigenvalue weighted by atomic mass is 32.2. The normalized spacial score (nSPS) is 39.0. The van der Waals surface area contributed by atoms with Crippen molar-refractivity contribution < 1.29 is 0 Å². The summed E-state index contributed by atoms with van der Waals surface area (Å²) in [6, 6.07) is 2.45. The third-order valence-electron chi connectivity index (χ3n) is 5.11. The largest absolute Gasteiger partial charge is 0.314 e. The summed E-state index contributed by atoms with van der Waals surface area (Å²) in [5.41, 5.74) is 0. The first kappa shape index (κ1) is 13.3. The Morgan fingerprint density at radius 3 is 2.50 bits per heavy atom. The molecule has 2 saturated heterocycles. The van der Waals surface area contributed by atoms with Crippen LogP contribution in [0, 0.1) is 5.92 Å². The molecule has 0 aromatic rings. The van der Waals surface area contributed by atoms with Crippen LogP contribution in [-0.2, 0) is 0 Å². The van der Waals surface area contributed by atoms with Gasteiger partial charge in [0.2, 0.25) is 0 Å². The smallest absolute Gasteiger partial charge is 0.0113 e. The summed E-state index contributed by atoms with van der Waals surface area (Å²) in [6.07, 6.45) is 11.4. The predicted octanol–water partition coefficient (Wildman–Crippen LogP) is 2.78. The Kier molecular flexibility index (Phi) is 4.88. The molecular weight excluding hydrogens is 240 g/mol. The summed E-state index contributed by atoms with van der Waals surface area (Å²) in [6.45, 7) is 1.26. The Bertz CT molecular complexity index is 247. The van der Waals surface area contributed by atoms with Crippen LogP contribution >= 0.6 is 11.8 Å². The number of rotatable bonds is 3. The van der Waals surface area contributed by atoms with Gasteiger partial charge in [-0.3, -0.25) is 0 Å². The van der Waals surface area contributed by atoms with E-state index >= 15 is 0 Å². The number of hydrogen-bond acceptors (Lipinski definition) is 3. The van der Waals surface area contributed by atoms with Crippen LogP contribution in [0.3, 0.4) is 0 Å². The second-order valence-corrected chi connectivity index (χ2v) is 7.54. The van der Waals surface area contributed by atoms with E-state index in [0.717, 1.165) is 24.0 Å². The van der Waals surface area contributed by atoms with E-state index in [-0.39, 0.29) is 0 Å². The van der Waals surface area contributed by atoms with Gasteiger partial charge in [-0.05, 0) is 62.5 Å². The Labute approximate surface area is 116 Å². The fourth-order valence-corrected chi connectivity index (χ4v) is 5.20. The topological polar surface area (TPSA) is 24.1 Å². The molecule has 3 unspecified atom stereocenters. The molecule has 2 nitrogen and oxygen atoms in total. The first-order valence-corrected chi connectivity index (χ1v) is 9.16. The summed E-state index contributed by atoms with van der Waals surface area (Å²) in [4.78, 5) is 0. The molecule has 2 N–H and O–H groups in total. The number of thioether (sulfide) groups is 1. The first-order chi connectivity index (χ1) is 8.93. The quantitative estimate of drug-likeness (QED) is 0.823. The van der Waals surface area contributed by atoms with Gasteiger partial charge >= 0.3 is 0 Å². The fraction of sp³-hybridized carbons (Fsp3) is 1.00. The van der Waals surface area contributed by atoms with Crippen LogP contribution in [0.5, 0.6) is 0 Å². The molecule has 2 heterocycles. The summed E-state index contributed by atoms with van der Waals surface area (Å²) in [5.74, 6) is 3.66. The van der Waals surface area contributed by atoms with Crippen LogP contribution in [0.2, 0.25) is 0 Å². The molecule has 2 aliphatic heterocycles. The molecule has 0 aromatic carbocycles. The molecule has 104 valence electrons. The maximum atomic E-state index is 4.03. The van der Waals surface area contributed by atoms with E-state index < -0.39 is 0 Å². The molecule has 3 rings (SSSR count). The van der Waals surface area contributed by atoms with Crippen LogP contribution in [0.15, 0.2) is 0 Å². The van der Waals surface area contributed by atoms with E-state index in [1.807, 2.05) is 0 Å². The lowest BCUT2D eigenvalue weighted by molar-refractivity contribution is 0.197. The highest BCUT2D eigenvalue weighted by Crippen LogP contribution is 2.31. The minimum Gasteiger partial charge on any atom is -0.314 e. The summed E-state index contributed by atoms with van der Waals surface area (Å²) in [5, 5.41) is 7.78. The average molecular weight is 268 g/mol. The van der Waals surface area contributed by atoms with Crippen molar-refractivity contribution in [2.75, 3.05) is 18.1 Å². The molecule has 0 bridgehead atoms. The average Bonchev–Trinajstić information content (AvgIpc) is 2.94. The SMILES string of the molecule is C1CNC(C2CCCCC2NC2CCSCC2)C1. The standard InChI is InChI=1S/C15H28N2S/c1-2-5-15(17-12-7-10-18-11-8-12)13(4-1)14-6-3-9-16-14/h12-17H,1-11H2. The molecule has 3 heteroatoms. The lowest BCUT2D eigenvalue weighted by Gasteiger charge is -2.39. The van der Waals surface area contributed by atoms with Crippen molar-refractivity contribution in [3.8, 4) is 0 Å². The van der Waals surface area contributed by atoms with Crippen molar-refractivity contribution in [1.29, 1.82) is 0 Å². The van der Waals surface area contributed by atoms with Crippen molar-refractivity contribution in [3.05, 3.63) is 0 Å². The van der Waals surface area contributed by atoms with Crippen molar-refractivity contribution in [1.82, 2.24) is 10.6 Å². The summed E-state index contributed by atoms with van der Waals surface area (Å²) >= 11 is 2.13. The Morgan fingerprint density at radius 1 is 0.889 bits per heavy atom. The van der Waals surface area contributed by atoms with Gasteiger partial charge in [0.1, 0.15) is 0 Å². The second kappa shape index (κ2) is 6.62. The van der Waals surface area contributed by atoms with Crippen molar-refractivity contribution in [2.45, 2.75) is 69.5 Å². The molecule has 0 amide bonds. The highest BCUT2D eigenvalue weighted by molar-refractivity contribution is 7.99. The molecular formula is C15H28N2S. The van der Waals surface area contributed by atoms with Crippen LogP contribution < -0.4 is 10.6 Å². The van der Waals surface area contributed by atoms with E-state index in [9.17, 15) is 0 Å². The predicted molar refractivity (Wildman–Crippen MR) is 80.3 cm³/mol. The van der Waals surface area contributed by atoms with E-state index in [2.05, 4.69) is 22.4 Å². The summed E-state index contributed by atoms with van der Waals surface area (Å²) in [7, 11) is 0. The maximum absolute atomic E-state index is 4.03. The van der Waals surface area contributed by atoms with Crippen LogP contribution in [0.4, 0.5) is 0 Å². The van der Waals surface area contributed by atoms with Crippen molar-refractivity contribution in [3.63, 3.8) is 0 Å². The van der Waals surface area contributed by atoms with Crippen LogP contribution in [0.25, 0.3) is 0 Å². The van der Waals surface area contributed by atoms with Gasteiger partial charge in [0.15, 0.2) is 0 Å². The highest BCUT2D eigenvalue weighted by Gasteiger charge is 2.34. The molecule has 0 radical (unpaired) electrons. The monoisotopic (exact) mass is 268 g/mol. The molecule has 0 aromatic heterocycles. The molecule has 3 fully saturated rings. The van der Waals surface area contributed by atoms with Gasteiger partial charge in [-0.15, -0.1) is 0 Å². The molecule has 3 aliphatic rings. The lowest BCUT2D eigenvalue weighted by atomic mass is 9.78. The third kappa shape index (κ3) is 3.23. The molecule has 1 aliphatic carbocycles. The molecule has 1 saturated carbocycles. The van der Waals surface area contributed by atoms with Gasteiger partial charge in [-0.2, -0.15) is 11.8 Å². The Hall–Kier alpha value is 0.270. The Morgan fingerprint density at radius 2 is 1.72 bits per heavy atom. The zero-order chi connectivity index (χ0) is 12.2. The number of nitrogens with one attached hydrogen (secondary N) is 2. The molecule has 3 atom stereocenters. The Balaban J connectivity index is 1.56. The number of hydrogen-bond donors (Lipinski definition) is 2. The molecule has 0 spiro atoms. The zero-order valence-corrected chi connectivity index (χ0v) is 12.3.